The Balaban J connectivity index is 1.62. The van der Waals surface area contributed by atoms with Gasteiger partial charge in [-0.1, -0.05) is 12.1 Å². The van der Waals surface area contributed by atoms with Crippen LogP contribution < -0.4 is 0 Å². The number of oxime groups is 1. The van der Waals surface area contributed by atoms with Crippen molar-refractivity contribution in [2.45, 2.75) is 50.7 Å². The van der Waals surface area contributed by atoms with Gasteiger partial charge in [0.15, 0.2) is 0 Å². The molecule has 0 aromatic rings. The molecule has 0 bridgehead atoms. The first-order valence-electron chi connectivity index (χ1n) is 7.89. The van der Waals surface area contributed by atoms with E-state index < -0.39 is 0 Å². The fraction of sp³-hybridized carbons (Fsp3) is 0.933. The molecule has 2 unspecified atom stereocenters. The molecule has 3 heterocycles. The second-order valence-electron chi connectivity index (χ2n) is 6.53. The molecule has 4 nitrogen and oxygen atoms in total. The van der Waals surface area contributed by atoms with Gasteiger partial charge < -0.3 is 9.94 Å². The van der Waals surface area contributed by atoms with Gasteiger partial charge in [0.25, 0.3) is 0 Å². The largest absolute Gasteiger partial charge is 0.411 e. The van der Waals surface area contributed by atoms with E-state index >= 15 is 0 Å². The molecule has 3 fully saturated rings. The lowest BCUT2D eigenvalue weighted by molar-refractivity contribution is -0.111. The van der Waals surface area contributed by atoms with E-state index in [-0.39, 0.29) is 5.60 Å². The van der Waals surface area contributed by atoms with E-state index in [2.05, 4.69) is 28.7 Å². The monoisotopic (exact) mass is 298 g/mol. The van der Waals surface area contributed by atoms with Crippen molar-refractivity contribution in [1.82, 2.24) is 4.90 Å². The highest BCUT2D eigenvalue weighted by Crippen LogP contribution is 2.39. The molecule has 114 valence electrons. The van der Waals surface area contributed by atoms with E-state index in [0.29, 0.717) is 12.0 Å². The van der Waals surface area contributed by atoms with Gasteiger partial charge in [0.1, 0.15) is 0 Å². The second-order valence-corrected chi connectivity index (χ2v) is 7.75. The van der Waals surface area contributed by atoms with Crippen molar-refractivity contribution in [2.75, 3.05) is 31.2 Å². The molecule has 5 heteroatoms. The van der Waals surface area contributed by atoms with E-state index in [1.54, 1.807) is 0 Å². The molecule has 3 aliphatic rings. The predicted molar refractivity (Wildman–Crippen MR) is 82.8 cm³/mol. The van der Waals surface area contributed by atoms with Crippen LogP contribution in [0, 0.1) is 5.92 Å². The van der Waals surface area contributed by atoms with E-state index in [4.69, 9.17) is 9.94 Å². The molecule has 3 rings (SSSR count). The molecular weight excluding hydrogens is 272 g/mol. The standard InChI is InChI=1S/C15H26N2O2S/c1-12-11-17(6-2-14(12)16-18)13-3-7-19-15(10-13)4-8-20-9-5-15/h12-13,18H,2-11H2,1H3. The molecule has 1 spiro atoms. The number of rotatable bonds is 1. The first kappa shape index (κ1) is 14.7. The summed E-state index contributed by atoms with van der Waals surface area (Å²) in [5.41, 5.74) is 1.14. The summed E-state index contributed by atoms with van der Waals surface area (Å²) in [6.45, 7) is 5.17. The Hall–Kier alpha value is -0.260. The van der Waals surface area contributed by atoms with E-state index in [0.717, 1.165) is 38.2 Å². The molecule has 0 amide bonds. The predicted octanol–water partition coefficient (Wildman–Crippen LogP) is 2.60. The van der Waals surface area contributed by atoms with Crippen LogP contribution in [0.4, 0.5) is 0 Å². The first-order valence-corrected chi connectivity index (χ1v) is 9.04. The number of piperidine rings is 1. The number of hydrogen-bond acceptors (Lipinski definition) is 5. The van der Waals surface area contributed by atoms with Gasteiger partial charge in [0, 0.05) is 38.1 Å². The lowest BCUT2D eigenvalue weighted by atomic mass is 9.83. The first-order chi connectivity index (χ1) is 9.72. The third-order valence-electron chi connectivity index (χ3n) is 5.25. The van der Waals surface area contributed by atoms with Crippen molar-refractivity contribution >= 4 is 17.5 Å². The number of thioether (sulfide) groups is 1. The zero-order valence-electron chi connectivity index (χ0n) is 12.4. The summed E-state index contributed by atoms with van der Waals surface area (Å²) < 4.78 is 6.19. The zero-order valence-corrected chi connectivity index (χ0v) is 13.2. The molecule has 1 N–H and O–H groups in total. The molecule has 2 atom stereocenters. The van der Waals surface area contributed by atoms with Gasteiger partial charge in [0.2, 0.25) is 0 Å². The molecule has 3 aliphatic heterocycles. The average Bonchev–Trinajstić information content (AvgIpc) is 2.48. The quantitative estimate of drug-likeness (QED) is 0.597. The molecular formula is C15H26N2O2S. The number of nitrogens with zero attached hydrogens (tertiary/aromatic N) is 2. The molecule has 20 heavy (non-hydrogen) atoms. The molecule has 0 saturated carbocycles. The van der Waals surface area contributed by atoms with Gasteiger partial charge in [-0.25, -0.2) is 0 Å². The van der Waals surface area contributed by atoms with Crippen LogP contribution in [0.2, 0.25) is 0 Å². The van der Waals surface area contributed by atoms with Crippen molar-refractivity contribution in [3.8, 4) is 0 Å². The summed E-state index contributed by atoms with van der Waals surface area (Å²) in [7, 11) is 0. The summed E-state index contributed by atoms with van der Waals surface area (Å²) in [6.07, 6.45) is 5.72. The third kappa shape index (κ3) is 3.00. The van der Waals surface area contributed by atoms with Crippen molar-refractivity contribution in [2.24, 2.45) is 11.1 Å². The Bertz CT molecular complexity index is 363. The van der Waals surface area contributed by atoms with Crippen LogP contribution in [0.25, 0.3) is 0 Å². The second kappa shape index (κ2) is 6.24. The van der Waals surface area contributed by atoms with Crippen LogP contribution in [0.15, 0.2) is 5.16 Å². The van der Waals surface area contributed by atoms with Crippen LogP contribution >= 0.6 is 11.8 Å². The minimum absolute atomic E-state index is 0.169. The van der Waals surface area contributed by atoms with Gasteiger partial charge >= 0.3 is 0 Å². The molecule has 0 aliphatic carbocycles. The van der Waals surface area contributed by atoms with Crippen molar-refractivity contribution in [1.29, 1.82) is 0 Å². The van der Waals surface area contributed by atoms with Crippen molar-refractivity contribution in [3.05, 3.63) is 0 Å². The van der Waals surface area contributed by atoms with E-state index in [9.17, 15) is 0 Å². The van der Waals surface area contributed by atoms with Gasteiger partial charge in [0.05, 0.1) is 11.3 Å². The smallest absolute Gasteiger partial charge is 0.0713 e. The van der Waals surface area contributed by atoms with Gasteiger partial charge in [-0.3, -0.25) is 4.90 Å². The zero-order chi connectivity index (χ0) is 14.0. The van der Waals surface area contributed by atoms with E-state index in [1.165, 1.54) is 30.8 Å². The average molecular weight is 298 g/mol. The summed E-state index contributed by atoms with van der Waals surface area (Å²) in [5, 5.41) is 12.5. The van der Waals surface area contributed by atoms with Crippen LogP contribution in [-0.4, -0.2) is 58.7 Å². The maximum atomic E-state index is 9.00. The van der Waals surface area contributed by atoms with Crippen molar-refractivity contribution < 1.29 is 9.94 Å². The SMILES string of the molecule is CC1CN(C2CCOC3(CCSCC3)C2)CCC1=NO. The fourth-order valence-corrected chi connectivity index (χ4v) is 5.18. The highest BCUT2D eigenvalue weighted by Gasteiger charge is 2.41. The Morgan fingerprint density at radius 3 is 2.90 bits per heavy atom. The number of ether oxygens (including phenoxy) is 1. The van der Waals surface area contributed by atoms with Crippen molar-refractivity contribution in [3.63, 3.8) is 0 Å². The summed E-state index contributed by atoms with van der Waals surface area (Å²) >= 11 is 2.07. The molecule has 0 aromatic carbocycles. The Morgan fingerprint density at radius 1 is 1.40 bits per heavy atom. The molecule has 3 saturated heterocycles. The third-order valence-corrected chi connectivity index (χ3v) is 6.23. The molecule has 0 radical (unpaired) electrons. The minimum Gasteiger partial charge on any atom is -0.411 e. The summed E-state index contributed by atoms with van der Waals surface area (Å²) in [6, 6.07) is 0.662. The number of likely N-dealkylation sites (tertiary alicyclic amines) is 1. The Morgan fingerprint density at radius 2 is 2.20 bits per heavy atom. The normalized spacial score (nSPS) is 37.4. The summed E-state index contributed by atoms with van der Waals surface area (Å²) in [5.74, 6) is 2.89. The lowest BCUT2D eigenvalue weighted by Gasteiger charge is -2.48. The highest BCUT2D eigenvalue weighted by atomic mass is 32.2. The fourth-order valence-electron chi connectivity index (χ4n) is 3.94. The Labute approximate surface area is 125 Å². The Kier molecular flexibility index (Phi) is 4.58. The van der Waals surface area contributed by atoms with Gasteiger partial charge in [-0.05, 0) is 37.2 Å². The van der Waals surface area contributed by atoms with Gasteiger partial charge in [-0.15, -0.1) is 0 Å². The number of hydrogen-bond donors (Lipinski definition) is 1. The maximum Gasteiger partial charge on any atom is 0.0713 e. The van der Waals surface area contributed by atoms with Crippen LogP contribution in [0.5, 0.6) is 0 Å². The van der Waals surface area contributed by atoms with Crippen LogP contribution in [0.1, 0.15) is 39.0 Å². The lowest BCUT2D eigenvalue weighted by Crippen LogP contribution is -2.53. The summed E-state index contributed by atoms with van der Waals surface area (Å²) in [4.78, 5) is 2.62. The van der Waals surface area contributed by atoms with Crippen LogP contribution in [0.3, 0.4) is 0 Å². The minimum atomic E-state index is 0.169. The van der Waals surface area contributed by atoms with E-state index in [1.807, 2.05) is 0 Å². The highest BCUT2D eigenvalue weighted by molar-refractivity contribution is 7.99. The maximum absolute atomic E-state index is 9.00. The topological polar surface area (TPSA) is 45.1 Å². The molecule has 0 aromatic heterocycles. The van der Waals surface area contributed by atoms with Gasteiger partial charge in [-0.2, -0.15) is 11.8 Å². The van der Waals surface area contributed by atoms with Crippen LogP contribution in [-0.2, 0) is 4.74 Å².